The van der Waals surface area contributed by atoms with Crippen LogP contribution in [0, 0.1) is 12.3 Å². The van der Waals surface area contributed by atoms with Gasteiger partial charge in [-0.15, -0.1) is 0 Å². The number of likely N-dealkylation sites (tertiary alicyclic amines) is 1. The number of rotatable bonds is 1. The van der Waals surface area contributed by atoms with E-state index in [1.54, 1.807) is 0 Å². The zero-order valence-electron chi connectivity index (χ0n) is 13.0. The fourth-order valence-electron chi connectivity index (χ4n) is 4.08. The van der Waals surface area contributed by atoms with Crippen molar-refractivity contribution in [3.8, 4) is 0 Å². The molecule has 2 fully saturated rings. The maximum Gasteiger partial charge on any atom is 0.254 e. The first-order chi connectivity index (χ1) is 10.1. The van der Waals surface area contributed by atoms with Crippen LogP contribution in [0.1, 0.15) is 60.9 Å². The molecule has 0 atom stereocenters. The van der Waals surface area contributed by atoms with Gasteiger partial charge in [0.05, 0.1) is 0 Å². The molecule has 1 amide bonds. The predicted molar refractivity (Wildman–Crippen MR) is 86.2 cm³/mol. The summed E-state index contributed by atoms with van der Waals surface area (Å²) in [5.74, 6) is 0.179. The summed E-state index contributed by atoms with van der Waals surface area (Å²) in [4.78, 5) is 14.7. The summed E-state index contributed by atoms with van der Waals surface area (Å²) in [7, 11) is 0. The second-order valence-electron chi connectivity index (χ2n) is 6.93. The average Bonchev–Trinajstić information content (AvgIpc) is 2.48. The largest absolute Gasteiger partial charge is 0.399 e. The monoisotopic (exact) mass is 286 g/mol. The summed E-state index contributed by atoms with van der Waals surface area (Å²) < 4.78 is 0. The molecule has 3 rings (SSSR count). The molecule has 0 unspecified atom stereocenters. The van der Waals surface area contributed by atoms with Crippen LogP contribution in [0.25, 0.3) is 0 Å². The molecule has 3 heteroatoms. The zero-order valence-corrected chi connectivity index (χ0v) is 13.0. The lowest BCUT2D eigenvalue weighted by Crippen LogP contribution is -2.44. The van der Waals surface area contributed by atoms with Gasteiger partial charge in [-0.1, -0.05) is 19.3 Å². The van der Waals surface area contributed by atoms with Crippen LogP contribution in [-0.4, -0.2) is 23.9 Å². The van der Waals surface area contributed by atoms with Gasteiger partial charge in [-0.25, -0.2) is 0 Å². The van der Waals surface area contributed by atoms with Gasteiger partial charge < -0.3 is 10.6 Å². The molecule has 0 radical (unpaired) electrons. The number of nitrogen functional groups attached to an aromatic ring is 1. The van der Waals surface area contributed by atoms with Gasteiger partial charge in [0.25, 0.3) is 5.91 Å². The average molecular weight is 286 g/mol. The van der Waals surface area contributed by atoms with Crippen molar-refractivity contribution in [3.63, 3.8) is 0 Å². The number of aryl methyl sites for hydroxylation is 1. The van der Waals surface area contributed by atoms with E-state index in [1.807, 2.05) is 30.0 Å². The maximum absolute atomic E-state index is 12.7. The van der Waals surface area contributed by atoms with Crippen LogP contribution in [0.2, 0.25) is 0 Å². The summed E-state index contributed by atoms with van der Waals surface area (Å²) in [6.45, 7) is 3.81. The van der Waals surface area contributed by atoms with Crippen molar-refractivity contribution < 1.29 is 4.79 Å². The molecule has 1 spiro atoms. The van der Waals surface area contributed by atoms with Crippen molar-refractivity contribution >= 4 is 11.6 Å². The number of piperidine rings is 1. The van der Waals surface area contributed by atoms with Crippen LogP contribution >= 0.6 is 0 Å². The van der Waals surface area contributed by atoms with Crippen molar-refractivity contribution in [2.45, 2.75) is 51.9 Å². The Morgan fingerprint density at radius 1 is 1.10 bits per heavy atom. The highest BCUT2D eigenvalue weighted by Gasteiger charge is 2.36. The second kappa shape index (κ2) is 5.70. The molecule has 1 aliphatic heterocycles. The van der Waals surface area contributed by atoms with Gasteiger partial charge in [0, 0.05) is 24.3 Å². The Balaban J connectivity index is 1.67. The highest BCUT2D eigenvalue weighted by Crippen LogP contribution is 2.44. The quantitative estimate of drug-likeness (QED) is 0.799. The first-order valence-corrected chi connectivity index (χ1v) is 8.25. The smallest absolute Gasteiger partial charge is 0.254 e. The molecule has 2 aliphatic rings. The van der Waals surface area contributed by atoms with Crippen LogP contribution < -0.4 is 5.73 Å². The lowest BCUT2D eigenvalue weighted by molar-refractivity contribution is 0.0471. The molecule has 1 aliphatic carbocycles. The third-order valence-electron chi connectivity index (χ3n) is 5.51. The molecule has 1 aromatic carbocycles. The first-order valence-electron chi connectivity index (χ1n) is 8.25. The number of hydrogen-bond acceptors (Lipinski definition) is 2. The number of nitrogens with two attached hydrogens (primary N) is 1. The molecule has 1 heterocycles. The highest BCUT2D eigenvalue weighted by molar-refractivity contribution is 5.96. The molecule has 2 N–H and O–H groups in total. The Hall–Kier alpha value is -1.51. The van der Waals surface area contributed by atoms with E-state index in [9.17, 15) is 4.79 Å². The van der Waals surface area contributed by atoms with Crippen molar-refractivity contribution in [1.29, 1.82) is 0 Å². The molecule has 1 aromatic rings. The first kappa shape index (κ1) is 14.4. The fourth-order valence-corrected chi connectivity index (χ4v) is 4.08. The Morgan fingerprint density at radius 2 is 1.76 bits per heavy atom. The van der Waals surface area contributed by atoms with Gasteiger partial charge in [-0.3, -0.25) is 4.79 Å². The summed E-state index contributed by atoms with van der Waals surface area (Å²) in [5.41, 5.74) is 8.84. The predicted octanol–water partition coefficient (Wildman–Crippen LogP) is 3.76. The Kier molecular flexibility index (Phi) is 3.92. The minimum atomic E-state index is 0.179. The lowest BCUT2D eigenvalue weighted by atomic mass is 9.68. The molecule has 0 aromatic heterocycles. The Bertz CT molecular complexity index is 522. The van der Waals surface area contributed by atoms with E-state index in [4.69, 9.17) is 5.73 Å². The Labute approximate surface area is 127 Å². The normalized spacial score (nSPS) is 21.5. The molecule has 0 bridgehead atoms. The topological polar surface area (TPSA) is 46.3 Å². The molecule has 1 saturated carbocycles. The van der Waals surface area contributed by atoms with Gasteiger partial charge in [0.1, 0.15) is 0 Å². The lowest BCUT2D eigenvalue weighted by Gasteiger charge is -2.44. The molecule has 114 valence electrons. The fraction of sp³-hybridized carbons (Fsp3) is 0.611. The van der Waals surface area contributed by atoms with Crippen LogP contribution in [0.4, 0.5) is 5.69 Å². The minimum absolute atomic E-state index is 0.179. The number of hydrogen-bond donors (Lipinski definition) is 1. The number of carbonyl (C=O) groups is 1. The molecule has 1 saturated heterocycles. The standard InChI is InChI=1S/C18H26N2O/c1-14-13-15(19)5-6-16(14)17(21)20-11-9-18(10-12-20)7-3-2-4-8-18/h5-6,13H,2-4,7-12,19H2,1H3. The van der Waals surface area contributed by atoms with E-state index in [2.05, 4.69) is 0 Å². The SMILES string of the molecule is Cc1cc(N)ccc1C(=O)N1CCC2(CCCCC2)CC1. The third kappa shape index (κ3) is 2.92. The van der Waals surface area contributed by atoms with E-state index in [1.165, 1.54) is 44.9 Å². The van der Waals surface area contributed by atoms with Crippen LogP contribution in [0.5, 0.6) is 0 Å². The summed E-state index contributed by atoms with van der Waals surface area (Å²) in [5, 5.41) is 0. The van der Waals surface area contributed by atoms with Crippen molar-refractivity contribution in [3.05, 3.63) is 29.3 Å². The van der Waals surface area contributed by atoms with Crippen LogP contribution in [-0.2, 0) is 0 Å². The van der Waals surface area contributed by atoms with Gasteiger partial charge in [-0.05, 0) is 61.8 Å². The van der Waals surface area contributed by atoms with Crippen LogP contribution in [0.3, 0.4) is 0 Å². The van der Waals surface area contributed by atoms with E-state index in [-0.39, 0.29) is 5.91 Å². The summed E-state index contributed by atoms with van der Waals surface area (Å²) in [6.07, 6.45) is 9.27. The molecular weight excluding hydrogens is 260 g/mol. The third-order valence-corrected chi connectivity index (χ3v) is 5.51. The Morgan fingerprint density at radius 3 is 2.38 bits per heavy atom. The number of anilines is 1. The number of amides is 1. The van der Waals surface area contributed by atoms with Gasteiger partial charge in [0.2, 0.25) is 0 Å². The van der Waals surface area contributed by atoms with E-state index in [0.29, 0.717) is 5.41 Å². The summed E-state index contributed by atoms with van der Waals surface area (Å²) in [6, 6.07) is 5.59. The number of nitrogens with zero attached hydrogens (tertiary/aromatic N) is 1. The van der Waals surface area contributed by atoms with Crippen molar-refractivity contribution in [1.82, 2.24) is 4.90 Å². The van der Waals surface area contributed by atoms with E-state index in [0.717, 1.165) is 29.9 Å². The molecule has 3 nitrogen and oxygen atoms in total. The van der Waals surface area contributed by atoms with Gasteiger partial charge >= 0.3 is 0 Å². The maximum atomic E-state index is 12.7. The number of benzene rings is 1. The van der Waals surface area contributed by atoms with Crippen LogP contribution in [0.15, 0.2) is 18.2 Å². The zero-order chi connectivity index (χ0) is 14.9. The molecule has 21 heavy (non-hydrogen) atoms. The summed E-state index contributed by atoms with van der Waals surface area (Å²) >= 11 is 0. The number of carbonyl (C=O) groups excluding carboxylic acids is 1. The van der Waals surface area contributed by atoms with E-state index >= 15 is 0 Å². The van der Waals surface area contributed by atoms with Crippen molar-refractivity contribution in [2.75, 3.05) is 18.8 Å². The van der Waals surface area contributed by atoms with Crippen molar-refractivity contribution in [2.24, 2.45) is 5.41 Å². The minimum Gasteiger partial charge on any atom is -0.399 e. The highest BCUT2D eigenvalue weighted by atomic mass is 16.2. The van der Waals surface area contributed by atoms with E-state index < -0.39 is 0 Å². The van der Waals surface area contributed by atoms with Gasteiger partial charge in [-0.2, -0.15) is 0 Å². The molecular formula is C18H26N2O. The van der Waals surface area contributed by atoms with Gasteiger partial charge in [0.15, 0.2) is 0 Å². The second-order valence-corrected chi connectivity index (χ2v) is 6.93.